The van der Waals surface area contributed by atoms with Gasteiger partial charge >= 0.3 is 11.3 Å². The Morgan fingerprint density at radius 1 is 0.500 bits per heavy atom. The van der Waals surface area contributed by atoms with Gasteiger partial charge in [-0.3, -0.25) is 0 Å². The third kappa shape index (κ3) is 49.6. The van der Waals surface area contributed by atoms with Gasteiger partial charge in [-0.15, -0.1) is 17.2 Å². The van der Waals surface area contributed by atoms with Gasteiger partial charge in [-0.1, -0.05) is 27.7 Å². The first-order chi connectivity index (χ1) is 10.8. The molecule has 0 amide bonds. The molecule has 0 aliphatic heterocycles. The molecule has 0 N–H and O–H groups in total. The van der Waals surface area contributed by atoms with Crippen LogP contribution in [-0.2, 0) is 46.8 Å². The van der Waals surface area contributed by atoms with Crippen LogP contribution in [0.1, 0.15) is 27.7 Å². The minimum absolute atomic E-state index is 0. The Kier molecular flexibility index (Phi) is 68.2. The Morgan fingerprint density at radius 2 is 0.625 bits per heavy atom. The summed E-state index contributed by atoms with van der Waals surface area (Å²) < 4.78 is 7.50. The van der Waals surface area contributed by atoms with E-state index in [2.05, 4.69) is 34.3 Å². The van der Waals surface area contributed by atoms with E-state index in [0.717, 1.165) is 0 Å². The van der Waals surface area contributed by atoms with Crippen LogP contribution < -0.4 is 0 Å². The van der Waals surface area contributed by atoms with Gasteiger partial charge in [0.1, 0.15) is 0 Å². The van der Waals surface area contributed by atoms with Gasteiger partial charge < -0.3 is 0 Å². The van der Waals surface area contributed by atoms with Gasteiger partial charge in [0.2, 0.25) is 0 Å². The van der Waals surface area contributed by atoms with E-state index in [4.69, 9.17) is 4.65 Å². The number of hydrogen-bond donors (Lipinski definition) is 0. The molecule has 0 heterocycles. The van der Waals surface area contributed by atoms with Crippen LogP contribution in [0.4, 0.5) is 0 Å². The molecule has 0 aromatic heterocycles. The molecule has 0 aromatic carbocycles. The van der Waals surface area contributed by atoms with Crippen LogP contribution >= 0.6 is 17.2 Å². The van der Waals surface area contributed by atoms with Crippen molar-refractivity contribution in [2.24, 2.45) is 0 Å². The average molecular weight is 530 g/mol. The molecule has 2 fully saturated rings. The maximum Gasteiger partial charge on any atom is 0 e. The standard InChI is InChI=1S/2C5H5.2C4H11P.CO.2Mo/c2*1-2-4-5-3-1;2*1-3-5-4-2;1-2;;/h2*1-5H;2*5H,3-4H2,1-2H3;;;. The Balaban J connectivity index is -0.0000000629. The molecule has 0 spiro atoms. The predicted molar refractivity (Wildman–Crippen MR) is 106 cm³/mol. The van der Waals surface area contributed by atoms with Gasteiger partial charge in [0.25, 0.3) is 0 Å². The maximum atomic E-state index is 7.50. The molecule has 0 bridgehead atoms. The summed E-state index contributed by atoms with van der Waals surface area (Å²) in [7, 11) is 2.40. The Morgan fingerprint density at radius 3 is 0.667 bits per heavy atom. The summed E-state index contributed by atoms with van der Waals surface area (Å²) in [6.07, 6.45) is 25.5. The summed E-state index contributed by atoms with van der Waals surface area (Å²) >= 11 is 0. The van der Waals surface area contributed by atoms with Crippen molar-refractivity contribution < 1.29 is 46.8 Å². The van der Waals surface area contributed by atoms with Crippen molar-refractivity contribution in [1.82, 2.24) is 0 Å². The first-order valence-corrected chi connectivity index (χ1v) is 10.6. The fourth-order valence-electron chi connectivity index (χ4n) is 1.14. The topological polar surface area (TPSA) is 19.9 Å². The monoisotopic (exact) mass is 534 g/mol. The van der Waals surface area contributed by atoms with E-state index in [1.54, 1.807) is 0 Å². The largest absolute Gasteiger partial charge is 0.0312 e. The van der Waals surface area contributed by atoms with Crippen molar-refractivity contribution in [2.45, 2.75) is 27.7 Å². The van der Waals surface area contributed by atoms with E-state index in [1.807, 2.05) is 64.2 Å². The van der Waals surface area contributed by atoms with Crippen molar-refractivity contribution in [1.29, 1.82) is 0 Å². The maximum absolute atomic E-state index is 7.50. The predicted octanol–water partition coefficient (Wildman–Crippen LogP) is 5.41. The van der Waals surface area contributed by atoms with E-state index in [1.165, 1.54) is 41.8 Å². The van der Waals surface area contributed by atoms with Crippen LogP contribution in [-0.4, -0.2) is 24.6 Å². The molecule has 0 atom stereocenters. The van der Waals surface area contributed by atoms with E-state index in [-0.39, 0.29) is 42.1 Å². The number of hydrogen-bond acceptors (Lipinski definition) is 0. The second kappa shape index (κ2) is 44.4. The van der Waals surface area contributed by atoms with E-state index < -0.39 is 0 Å². The van der Waals surface area contributed by atoms with Gasteiger partial charge in [-0.05, 0) is 88.9 Å². The Labute approximate surface area is 186 Å². The molecule has 10 radical (unpaired) electrons. The second-order valence-electron chi connectivity index (χ2n) is 3.84. The Hall–Kier alpha value is 1.98. The summed E-state index contributed by atoms with van der Waals surface area (Å²) in [5.41, 5.74) is 0. The summed E-state index contributed by atoms with van der Waals surface area (Å²) in [5, 5.41) is 0. The Bertz CT molecular complexity index is 139. The fourth-order valence-corrected chi connectivity index (χ4v) is 2.14. The van der Waals surface area contributed by atoms with Crippen molar-refractivity contribution in [3.8, 4) is 0 Å². The molecule has 0 unspecified atom stereocenters. The molecule has 0 aromatic rings. The summed E-state index contributed by atoms with van der Waals surface area (Å²) in [5.74, 6) is 0. The zero-order valence-electron chi connectivity index (χ0n) is 15.3. The number of rotatable bonds is 4. The third-order valence-corrected chi connectivity index (χ3v) is 4.11. The minimum Gasteiger partial charge on any atom is -0.0312 e. The second-order valence-corrected chi connectivity index (χ2v) is 7.67. The van der Waals surface area contributed by atoms with Gasteiger partial charge in [0, 0.05) is 42.1 Å². The van der Waals surface area contributed by atoms with Crippen LogP contribution in [0.15, 0.2) is 0 Å². The summed E-state index contributed by atoms with van der Waals surface area (Å²) in [6.45, 7) is 13.4. The first-order valence-electron chi connectivity index (χ1n) is 7.78. The molecule has 2 aliphatic rings. The molecule has 24 heavy (non-hydrogen) atoms. The van der Waals surface area contributed by atoms with Crippen molar-refractivity contribution in [3.05, 3.63) is 70.9 Å². The molecule has 2 saturated carbocycles. The van der Waals surface area contributed by atoms with Crippen molar-refractivity contribution in [2.75, 3.05) is 24.6 Å². The van der Waals surface area contributed by atoms with Gasteiger partial charge in [-0.2, -0.15) is 0 Å². The zero-order valence-corrected chi connectivity index (χ0v) is 21.3. The van der Waals surface area contributed by atoms with E-state index in [9.17, 15) is 0 Å². The zero-order chi connectivity index (χ0) is 17.3. The normalized spacial score (nSPS) is 13.6. The van der Waals surface area contributed by atoms with Crippen LogP contribution in [0.2, 0.25) is 0 Å². The molecule has 1 nitrogen and oxygen atoms in total. The van der Waals surface area contributed by atoms with Crippen LogP contribution in [0.5, 0.6) is 0 Å². The average Bonchev–Trinajstić information content (AvgIpc) is 3.30. The first kappa shape index (κ1) is 36.8. The fraction of sp³-hybridized carbons (Fsp3) is 0.421. The van der Waals surface area contributed by atoms with Crippen LogP contribution in [0.3, 0.4) is 0 Å². The minimum atomic E-state index is 0. The van der Waals surface area contributed by atoms with Crippen LogP contribution in [0, 0.1) is 70.9 Å². The summed E-state index contributed by atoms with van der Waals surface area (Å²) in [6, 6.07) is 0. The third-order valence-electron chi connectivity index (χ3n) is 2.11. The summed E-state index contributed by atoms with van der Waals surface area (Å²) in [4.78, 5) is 0. The van der Waals surface area contributed by atoms with Crippen molar-refractivity contribution >= 4 is 17.2 Å². The SMILES string of the molecule is CCPCC.CCPCC.[C-]#[O+].[CH]1[CH][CH][CH][CH]1.[CH]1[CH][CH][CH][CH]1.[Mo].[Mo]. The van der Waals surface area contributed by atoms with Crippen molar-refractivity contribution in [3.63, 3.8) is 0 Å². The van der Waals surface area contributed by atoms with Crippen LogP contribution in [0.25, 0.3) is 0 Å². The molecular formula is C19H32Mo2OP2. The molecule has 2 rings (SSSR count). The van der Waals surface area contributed by atoms with Gasteiger partial charge in [0.15, 0.2) is 0 Å². The van der Waals surface area contributed by atoms with E-state index >= 15 is 0 Å². The van der Waals surface area contributed by atoms with E-state index in [0.29, 0.717) is 0 Å². The quantitative estimate of drug-likeness (QED) is 0.201. The molecular weight excluding hydrogens is 498 g/mol. The molecule has 0 saturated heterocycles. The van der Waals surface area contributed by atoms with Gasteiger partial charge in [0.05, 0.1) is 0 Å². The molecule has 136 valence electrons. The molecule has 2 aliphatic carbocycles. The van der Waals surface area contributed by atoms with Gasteiger partial charge in [-0.25, -0.2) is 0 Å². The smallest absolute Gasteiger partial charge is 0 e. The molecule has 5 heteroatoms.